The largest absolute Gasteiger partial charge is 0.478 e. The molecule has 7 heteroatoms. The Bertz CT molecular complexity index is 530. The first kappa shape index (κ1) is 11.7. The third kappa shape index (κ3) is 1.80. The molecule has 17 heavy (non-hydrogen) atoms. The van der Waals surface area contributed by atoms with Crippen molar-refractivity contribution >= 4 is 23.3 Å². The van der Waals surface area contributed by atoms with Crippen molar-refractivity contribution in [3.8, 4) is 5.75 Å². The quantitative estimate of drug-likeness (QED) is 0.647. The number of nitrogens with zero attached hydrogens (tertiary/aromatic N) is 1. The number of carboxylic acids is 1. The minimum atomic E-state index is -1.39. The molecule has 1 unspecified atom stereocenters. The van der Waals surface area contributed by atoms with Gasteiger partial charge in [0.1, 0.15) is 10.8 Å². The van der Waals surface area contributed by atoms with Gasteiger partial charge in [0.05, 0.1) is 4.92 Å². The summed E-state index contributed by atoms with van der Waals surface area (Å²) in [5.74, 6) is -0.835. The van der Waals surface area contributed by atoms with E-state index in [0.29, 0.717) is 5.56 Å². The lowest BCUT2D eigenvalue weighted by atomic mass is 9.99. The normalized spacial score (nSPS) is 21.8. The molecule has 1 aromatic rings. The first-order valence-electron chi connectivity index (χ1n) is 4.73. The minimum absolute atomic E-state index is 0.0663. The molecule has 0 fully saturated rings. The van der Waals surface area contributed by atoms with Gasteiger partial charge in [0.15, 0.2) is 0 Å². The van der Waals surface area contributed by atoms with Gasteiger partial charge in [-0.25, -0.2) is 4.79 Å². The van der Waals surface area contributed by atoms with Crippen LogP contribution < -0.4 is 4.74 Å². The van der Waals surface area contributed by atoms with E-state index in [1.165, 1.54) is 19.1 Å². The second-order valence-corrected chi connectivity index (χ2v) is 4.39. The fraction of sp³-hybridized carbons (Fsp3) is 0.300. The van der Waals surface area contributed by atoms with Gasteiger partial charge in [0.25, 0.3) is 5.69 Å². The van der Waals surface area contributed by atoms with Crippen LogP contribution in [0, 0.1) is 10.1 Å². The number of benzene rings is 1. The second kappa shape index (κ2) is 3.59. The molecule has 0 spiro atoms. The fourth-order valence-electron chi connectivity index (χ4n) is 1.72. The number of fused-ring (bicyclic) bond motifs is 1. The highest BCUT2D eigenvalue weighted by Crippen LogP contribution is 2.40. The van der Waals surface area contributed by atoms with E-state index in [2.05, 4.69) is 0 Å². The number of aliphatic carboxylic acids is 1. The van der Waals surface area contributed by atoms with E-state index >= 15 is 0 Å². The van der Waals surface area contributed by atoms with Crippen LogP contribution in [0.15, 0.2) is 12.1 Å². The van der Waals surface area contributed by atoms with Crippen molar-refractivity contribution in [2.24, 2.45) is 0 Å². The van der Waals surface area contributed by atoms with Crippen molar-refractivity contribution < 1.29 is 19.6 Å². The van der Waals surface area contributed by atoms with Gasteiger partial charge in [-0.3, -0.25) is 10.1 Å². The zero-order valence-corrected chi connectivity index (χ0v) is 9.52. The summed E-state index contributed by atoms with van der Waals surface area (Å²) < 4.78 is 5.26. The van der Waals surface area contributed by atoms with E-state index in [0.717, 1.165) is 0 Å². The smallest absolute Gasteiger partial charge is 0.348 e. The van der Waals surface area contributed by atoms with Gasteiger partial charge in [0.2, 0.25) is 5.60 Å². The molecule has 6 nitrogen and oxygen atoms in total. The average Bonchev–Trinajstić information content (AvgIpc) is 2.53. The van der Waals surface area contributed by atoms with Gasteiger partial charge >= 0.3 is 5.97 Å². The summed E-state index contributed by atoms with van der Waals surface area (Å²) in [5.41, 5.74) is -1.16. The summed E-state index contributed by atoms with van der Waals surface area (Å²) in [6.45, 7) is 1.41. The Morgan fingerprint density at radius 2 is 2.29 bits per heavy atom. The molecule has 0 aromatic heterocycles. The highest BCUT2D eigenvalue weighted by atomic mass is 35.5. The summed E-state index contributed by atoms with van der Waals surface area (Å²) in [7, 11) is 0. The van der Waals surface area contributed by atoms with Crippen LogP contribution in [0.1, 0.15) is 12.5 Å². The van der Waals surface area contributed by atoms with Crippen LogP contribution >= 0.6 is 11.6 Å². The number of carboxylic acid groups (broad SMARTS) is 1. The third-order valence-electron chi connectivity index (χ3n) is 2.64. The summed E-state index contributed by atoms with van der Waals surface area (Å²) >= 11 is 5.71. The second-order valence-electron chi connectivity index (χ2n) is 3.98. The lowest BCUT2D eigenvalue weighted by molar-refractivity contribution is -0.384. The summed E-state index contributed by atoms with van der Waals surface area (Å²) in [5, 5.41) is 19.6. The number of nitro groups is 1. The van der Waals surface area contributed by atoms with E-state index < -0.39 is 16.5 Å². The number of rotatable bonds is 2. The SMILES string of the molecule is CC1(C(=O)O)Cc2cc([N+](=O)[O-])c(Cl)cc2O1. The van der Waals surface area contributed by atoms with Crippen molar-refractivity contribution in [3.05, 3.63) is 32.8 Å². The first-order valence-corrected chi connectivity index (χ1v) is 5.10. The monoisotopic (exact) mass is 257 g/mol. The number of halogens is 1. The van der Waals surface area contributed by atoms with Gasteiger partial charge < -0.3 is 9.84 Å². The minimum Gasteiger partial charge on any atom is -0.478 e. The van der Waals surface area contributed by atoms with Crippen LogP contribution in [0.5, 0.6) is 5.75 Å². The predicted octanol–water partition coefficient (Wildman–Crippen LogP) is 2.03. The molecule has 1 atom stereocenters. The molecule has 1 heterocycles. The van der Waals surface area contributed by atoms with Crippen molar-refractivity contribution in [2.75, 3.05) is 0 Å². The molecular formula is C10H8ClNO5. The molecule has 0 bridgehead atoms. The highest BCUT2D eigenvalue weighted by molar-refractivity contribution is 6.32. The van der Waals surface area contributed by atoms with Crippen LogP contribution in [0.4, 0.5) is 5.69 Å². The Morgan fingerprint density at radius 1 is 1.65 bits per heavy atom. The molecule has 1 aliphatic rings. The van der Waals surface area contributed by atoms with E-state index in [1.807, 2.05) is 0 Å². The van der Waals surface area contributed by atoms with Crippen LogP contribution in [-0.4, -0.2) is 21.6 Å². The molecule has 0 radical (unpaired) electrons. The molecule has 1 N–H and O–H groups in total. The molecular weight excluding hydrogens is 250 g/mol. The van der Waals surface area contributed by atoms with Crippen molar-refractivity contribution in [2.45, 2.75) is 18.9 Å². The summed E-state index contributed by atoms with van der Waals surface area (Å²) in [6.07, 6.45) is 0.0790. The number of nitro benzene ring substituents is 1. The lowest BCUT2D eigenvalue weighted by Gasteiger charge is -2.17. The molecule has 2 rings (SSSR count). The van der Waals surface area contributed by atoms with Crippen LogP contribution in [-0.2, 0) is 11.2 Å². The highest BCUT2D eigenvalue weighted by Gasteiger charge is 2.43. The zero-order chi connectivity index (χ0) is 12.8. The van der Waals surface area contributed by atoms with Crippen LogP contribution in [0.2, 0.25) is 5.02 Å². The Balaban J connectivity index is 2.47. The molecule has 1 aromatic carbocycles. The van der Waals surface area contributed by atoms with E-state index in [4.69, 9.17) is 21.4 Å². The number of ether oxygens (including phenoxy) is 1. The Hall–Kier alpha value is -1.82. The van der Waals surface area contributed by atoms with Gasteiger partial charge in [-0.2, -0.15) is 0 Å². The maximum Gasteiger partial charge on any atom is 0.348 e. The molecule has 0 saturated heterocycles. The summed E-state index contributed by atoms with van der Waals surface area (Å²) in [6, 6.07) is 2.54. The van der Waals surface area contributed by atoms with E-state index in [9.17, 15) is 14.9 Å². The van der Waals surface area contributed by atoms with Crippen molar-refractivity contribution in [1.29, 1.82) is 0 Å². The molecule has 0 amide bonds. The number of hydrogen-bond donors (Lipinski definition) is 1. The van der Waals surface area contributed by atoms with Crippen LogP contribution in [0.25, 0.3) is 0 Å². The maximum atomic E-state index is 11.0. The molecule has 90 valence electrons. The van der Waals surface area contributed by atoms with Crippen LogP contribution in [0.3, 0.4) is 0 Å². The maximum absolute atomic E-state index is 11.0. The van der Waals surface area contributed by atoms with E-state index in [1.54, 1.807) is 0 Å². The van der Waals surface area contributed by atoms with Gasteiger partial charge in [0, 0.05) is 24.1 Å². The van der Waals surface area contributed by atoms with E-state index in [-0.39, 0.29) is 22.9 Å². The standard InChI is InChI=1S/C10H8ClNO5/c1-10(9(13)14)4-5-2-7(12(15)16)6(11)3-8(5)17-10/h2-3H,4H2,1H3,(H,13,14). The third-order valence-corrected chi connectivity index (χ3v) is 2.94. The Labute approximate surface area is 101 Å². The molecule has 0 aliphatic carbocycles. The average molecular weight is 258 g/mol. The van der Waals surface area contributed by atoms with Gasteiger partial charge in [-0.05, 0) is 6.92 Å². The summed E-state index contributed by atoms with van der Waals surface area (Å²) in [4.78, 5) is 21.1. The van der Waals surface area contributed by atoms with Gasteiger partial charge in [-0.15, -0.1) is 0 Å². The van der Waals surface area contributed by atoms with Crippen molar-refractivity contribution in [1.82, 2.24) is 0 Å². The molecule has 0 saturated carbocycles. The van der Waals surface area contributed by atoms with Gasteiger partial charge in [-0.1, -0.05) is 11.6 Å². The Kier molecular flexibility index (Phi) is 2.46. The topological polar surface area (TPSA) is 89.7 Å². The molecule has 1 aliphatic heterocycles. The first-order chi connectivity index (χ1) is 7.83. The predicted molar refractivity (Wildman–Crippen MR) is 58.5 cm³/mol. The van der Waals surface area contributed by atoms with Crippen molar-refractivity contribution in [3.63, 3.8) is 0 Å². The zero-order valence-electron chi connectivity index (χ0n) is 8.77. The lowest BCUT2D eigenvalue weighted by Crippen LogP contribution is -2.39. The fourth-order valence-corrected chi connectivity index (χ4v) is 1.94. The Morgan fingerprint density at radius 3 is 2.82 bits per heavy atom. The number of hydrogen-bond acceptors (Lipinski definition) is 4. The number of carbonyl (C=O) groups is 1.